The van der Waals surface area contributed by atoms with E-state index >= 15 is 0 Å². The van der Waals surface area contributed by atoms with Crippen LogP contribution in [0.4, 0.5) is 5.69 Å². The fourth-order valence-corrected chi connectivity index (χ4v) is 5.31. The minimum Gasteiger partial charge on any atom is -0.354 e. The third-order valence-corrected chi connectivity index (χ3v) is 7.81. The van der Waals surface area contributed by atoms with Crippen molar-refractivity contribution >= 4 is 21.6 Å². The third kappa shape index (κ3) is 6.09. The van der Waals surface area contributed by atoms with Crippen LogP contribution in [0.1, 0.15) is 17.5 Å². The second kappa shape index (κ2) is 10.9. The summed E-state index contributed by atoms with van der Waals surface area (Å²) in [6.45, 7) is 9.23. The van der Waals surface area contributed by atoms with Crippen LogP contribution in [-0.2, 0) is 14.8 Å². The zero-order chi connectivity index (χ0) is 23.1. The molecule has 1 heterocycles. The average molecular weight is 459 g/mol. The second-order valence-electron chi connectivity index (χ2n) is 8.39. The number of hydrogen-bond acceptors (Lipinski definition) is 5. The highest BCUT2D eigenvalue weighted by molar-refractivity contribution is 7.92. The summed E-state index contributed by atoms with van der Waals surface area (Å²) >= 11 is 0. The SMILES string of the molecule is Cc1cccc(N(CC(=O)NCCCN2CCN(C)CC2)S(=O)(=O)c2ccccc2)c1C. The molecule has 7 nitrogen and oxygen atoms in total. The van der Waals surface area contributed by atoms with Crippen LogP contribution in [0.2, 0.25) is 0 Å². The fraction of sp³-hybridized carbons (Fsp3) is 0.458. The van der Waals surface area contributed by atoms with E-state index in [0.717, 1.165) is 50.3 Å². The maximum Gasteiger partial charge on any atom is 0.264 e. The van der Waals surface area contributed by atoms with Crippen LogP contribution < -0.4 is 9.62 Å². The molecule has 0 unspecified atom stereocenters. The normalized spacial score (nSPS) is 15.5. The number of hydrogen-bond donors (Lipinski definition) is 1. The molecule has 0 bridgehead atoms. The van der Waals surface area contributed by atoms with E-state index < -0.39 is 10.0 Å². The van der Waals surface area contributed by atoms with Gasteiger partial charge in [0.15, 0.2) is 0 Å². The summed E-state index contributed by atoms with van der Waals surface area (Å²) in [7, 11) is -1.75. The average Bonchev–Trinajstić information content (AvgIpc) is 2.79. The number of piperazine rings is 1. The predicted octanol–water partition coefficient (Wildman–Crippen LogP) is 2.25. The molecular formula is C24H34N4O3S. The highest BCUT2D eigenvalue weighted by atomic mass is 32.2. The van der Waals surface area contributed by atoms with Gasteiger partial charge in [0.05, 0.1) is 10.6 Å². The number of aryl methyl sites for hydroxylation is 1. The first-order valence-electron chi connectivity index (χ1n) is 11.1. The molecule has 0 saturated carbocycles. The maximum absolute atomic E-state index is 13.4. The van der Waals surface area contributed by atoms with Gasteiger partial charge < -0.3 is 15.1 Å². The molecule has 3 rings (SSSR count). The monoisotopic (exact) mass is 458 g/mol. The molecule has 1 aliphatic rings. The van der Waals surface area contributed by atoms with Crippen molar-refractivity contribution in [2.75, 3.05) is 57.2 Å². The minimum atomic E-state index is -3.88. The quantitative estimate of drug-likeness (QED) is 0.584. The lowest BCUT2D eigenvalue weighted by Gasteiger charge is -2.32. The van der Waals surface area contributed by atoms with Gasteiger partial charge >= 0.3 is 0 Å². The summed E-state index contributed by atoms with van der Waals surface area (Å²) in [5.41, 5.74) is 2.35. The van der Waals surface area contributed by atoms with E-state index in [-0.39, 0.29) is 17.3 Å². The Kier molecular flexibility index (Phi) is 8.28. The highest BCUT2D eigenvalue weighted by Gasteiger charge is 2.28. The maximum atomic E-state index is 13.4. The third-order valence-electron chi connectivity index (χ3n) is 6.03. The highest BCUT2D eigenvalue weighted by Crippen LogP contribution is 2.28. The number of benzene rings is 2. The molecule has 0 radical (unpaired) electrons. The molecule has 2 aromatic carbocycles. The van der Waals surface area contributed by atoms with E-state index in [0.29, 0.717) is 12.2 Å². The van der Waals surface area contributed by atoms with Crippen LogP contribution in [0.25, 0.3) is 0 Å². The number of rotatable bonds is 9. The fourth-order valence-electron chi connectivity index (χ4n) is 3.81. The number of anilines is 1. The van der Waals surface area contributed by atoms with Crippen molar-refractivity contribution in [3.8, 4) is 0 Å². The van der Waals surface area contributed by atoms with Gasteiger partial charge in [-0.2, -0.15) is 0 Å². The summed E-state index contributed by atoms with van der Waals surface area (Å²) in [5.74, 6) is -0.302. The Morgan fingerprint density at radius 1 is 1.00 bits per heavy atom. The van der Waals surface area contributed by atoms with Crippen LogP contribution in [0.3, 0.4) is 0 Å². The number of nitrogens with one attached hydrogen (secondary N) is 1. The number of likely N-dealkylation sites (N-methyl/N-ethyl adjacent to an activating group) is 1. The standard InChI is InChI=1S/C24H34N4O3S/c1-20-9-7-12-23(21(20)2)28(32(30,31)22-10-5-4-6-11-22)19-24(29)25-13-8-14-27-17-15-26(3)16-18-27/h4-7,9-12H,8,13-19H2,1-3H3,(H,25,29). The van der Waals surface area contributed by atoms with Gasteiger partial charge in [0.25, 0.3) is 10.0 Å². The molecule has 8 heteroatoms. The van der Waals surface area contributed by atoms with Crippen molar-refractivity contribution < 1.29 is 13.2 Å². The van der Waals surface area contributed by atoms with E-state index in [1.54, 1.807) is 36.4 Å². The number of amides is 1. The molecule has 2 aromatic rings. The van der Waals surface area contributed by atoms with Crippen molar-refractivity contribution in [2.45, 2.75) is 25.2 Å². The molecule has 0 atom stereocenters. The van der Waals surface area contributed by atoms with Crippen LogP contribution in [0.15, 0.2) is 53.4 Å². The van der Waals surface area contributed by atoms with Crippen molar-refractivity contribution in [3.63, 3.8) is 0 Å². The first kappa shape index (κ1) is 24.2. The Labute approximate surface area is 192 Å². The lowest BCUT2D eigenvalue weighted by atomic mass is 10.1. The molecule has 32 heavy (non-hydrogen) atoms. The summed E-state index contributed by atoms with van der Waals surface area (Å²) in [5, 5.41) is 2.91. The molecule has 1 N–H and O–H groups in total. The summed E-state index contributed by atoms with van der Waals surface area (Å²) < 4.78 is 28.1. The van der Waals surface area contributed by atoms with Gasteiger partial charge in [0, 0.05) is 32.7 Å². The smallest absolute Gasteiger partial charge is 0.264 e. The van der Waals surface area contributed by atoms with Crippen LogP contribution in [-0.4, -0.2) is 77.0 Å². The Balaban J connectivity index is 1.67. The Hall–Kier alpha value is -2.42. The molecule has 174 valence electrons. The van der Waals surface area contributed by atoms with Crippen molar-refractivity contribution in [3.05, 3.63) is 59.7 Å². The molecule has 0 aromatic heterocycles. The number of carbonyl (C=O) groups is 1. The summed E-state index contributed by atoms with van der Waals surface area (Å²) in [4.78, 5) is 17.6. The topological polar surface area (TPSA) is 73.0 Å². The van der Waals surface area contributed by atoms with E-state index in [4.69, 9.17) is 0 Å². The van der Waals surface area contributed by atoms with Crippen molar-refractivity contribution in [1.29, 1.82) is 0 Å². The summed E-state index contributed by atoms with van der Waals surface area (Å²) in [6.07, 6.45) is 0.838. The zero-order valence-corrected chi connectivity index (χ0v) is 20.1. The van der Waals surface area contributed by atoms with Crippen LogP contribution >= 0.6 is 0 Å². The molecule has 1 saturated heterocycles. The van der Waals surface area contributed by atoms with Gasteiger partial charge in [0.2, 0.25) is 5.91 Å². The predicted molar refractivity (Wildman–Crippen MR) is 128 cm³/mol. The first-order valence-corrected chi connectivity index (χ1v) is 12.5. The number of carbonyl (C=O) groups excluding carboxylic acids is 1. The van der Waals surface area contributed by atoms with Crippen molar-refractivity contribution in [2.24, 2.45) is 0 Å². The van der Waals surface area contributed by atoms with Gasteiger partial charge in [0.1, 0.15) is 6.54 Å². The largest absolute Gasteiger partial charge is 0.354 e. The number of sulfonamides is 1. The van der Waals surface area contributed by atoms with Crippen LogP contribution in [0, 0.1) is 13.8 Å². The van der Waals surface area contributed by atoms with Crippen molar-refractivity contribution in [1.82, 2.24) is 15.1 Å². The second-order valence-corrected chi connectivity index (χ2v) is 10.3. The van der Waals surface area contributed by atoms with Gasteiger partial charge in [-0.25, -0.2) is 8.42 Å². The molecular weight excluding hydrogens is 424 g/mol. The summed E-state index contributed by atoms with van der Waals surface area (Å²) in [6, 6.07) is 13.8. The van der Waals surface area contributed by atoms with Gasteiger partial charge in [-0.1, -0.05) is 30.3 Å². The molecule has 1 aliphatic heterocycles. The van der Waals surface area contributed by atoms with Crippen LogP contribution in [0.5, 0.6) is 0 Å². The van der Waals surface area contributed by atoms with Gasteiger partial charge in [-0.05, 0) is 63.2 Å². The Bertz CT molecular complexity index is 1000. The van der Waals surface area contributed by atoms with E-state index in [2.05, 4.69) is 22.2 Å². The minimum absolute atomic E-state index is 0.170. The zero-order valence-electron chi connectivity index (χ0n) is 19.3. The molecule has 0 aliphatic carbocycles. The van der Waals surface area contributed by atoms with E-state index in [1.165, 1.54) is 4.31 Å². The molecule has 0 spiro atoms. The van der Waals surface area contributed by atoms with E-state index in [1.807, 2.05) is 26.0 Å². The lowest BCUT2D eigenvalue weighted by Crippen LogP contribution is -2.45. The first-order chi connectivity index (χ1) is 15.3. The number of nitrogens with zero attached hydrogens (tertiary/aromatic N) is 3. The van der Waals surface area contributed by atoms with E-state index in [9.17, 15) is 13.2 Å². The molecule has 1 fully saturated rings. The Morgan fingerprint density at radius 3 is 2.38 bits per heavy atom. The van der Waals surface area contributed by atoms with Gasteiger partial charge in [-0.3, -0.25) is 9.10 Å². The molecule has 1 amide bonds. The van der Waals surface area contributed by atoms with Gasteiger partial charge in [-0.15, -0.1) is 0 Å². The Morgan fingerprint density at radius 2 is 1.69 bits per heavy atom. The lowest BCUT2D eigenvalue weighted by molar-refractivity contribution is -0.119.